The fraction of sp³-hybridized carbons (Fsp3) is 0.722. The van der Waals surface area contributed by atoms with E-state index in [4.69, 9.17) is 28.2 Å². The van der Waals surface area contributed by atoms with E-state index in [1.54, 1.807) is 0 Å². The lowest BCUT2D eigenvalue weighted by Gasteiger charge is -2.44. The first-order valence-electron chi connectivity index (χ1n) is 9.77. The molecule has 15 heteroatoms. The molecular formula is C18H28NO13P. The van der Waals surface area contributed by atoms with Gasteiger partial charge in [0.2, 0.25) is 5.91 Å². The maximum Gasteiger partial charge on any atom is 0.318 e. The average Bonchev–Trinajstić information content (AvgIpc) is 2.63. The molecule has 1 aliphatic heterocycles. The molecule has 33 heavy (non-hydrogen) atoms. The lowest BCUT2D eigenvalue weighted by atomic mass is 9.91. The molecule has 1 aliphatic rings. The Morgan fingerprint density at radius 2 is 1.61 bits per heavy atom. The molecule has 0 aromatic heterocycles. The van der Waals surface area contributed by atoms with E-state index < -0.39 is 81.4 Å². The van der Waals surface area contributed by atoms with Gasteiger partial charge in [0, 0.05) is 41.0 Å². The van der Waals surface area contributed by atoms with E-state index in [1.165, 1.54) is 6.92 Å². The molecule has 1 amide bonds. The summed E-state index contributed by atoms with van der Waals surface area (Å²) in [5.41, 5.74) is 0. The number of hydrogen-bond acceptors (Lipinski definition) is 12. The van der Waals surface area contributed by atoms with Crippen LogP contribution in [0.5, 0.6) is 0 Å². The smallest absolute Gasteiger partial charge is 0.318 e. The molecule has 188 valence electrons. The number of nitrogens with one attached hydrogen (secondary N) is 1. The minimum absolute atomic E-state index is 0.257. The summed E-state index contributed by atoms with van der Waals surface area (Å²) in [6.07, 6.45) is -7.20. The zero-order valence-electron chi connectivity index (χ0n) is 18.7. The second-order valence-electron chi connectivity index (χ2n) is 7.05. The molecule has 7 unspecified atom stereocenters. The highest BCUT2D eigenvalue weighted by Crippen LogP contribution is 2.33. The molecule has 0 saturated carbocycles. The second kappa shape index (κ2) is 13.2. The average molecular weight is 497 g/mol. The standard InChI is InChI=1S/C18H28NO13P/c1-8(20)19-16-13(28-10(3)22)6-15(32-33(25)26)31-18(16)17(30-12(5)24)14(29-11(4)23)7-27-9(2)21/h13-18,33H,6-7H2,1-5H3,(H,19,20)(H,25,26). The molecule has 1 heterocycles. The van der Waals surface area contributed by atoms with E-state index >= 15 is 0 Å². The Morgan fingerprint density at radius 3 is 2.06 bits per heavy atom. The SMILES string of the molecule is CC(=O)NC1C(OC(C)=O)CC(O[PH](=O)O)OC1C(OC(C)=O)C(COC(C)=O)OC(C)=O. The first-order chi connectivity index (χ1) is 15.3. The molecule has 14 nitrogen and oxygen atoms in total. The number of ether oxygens (including phenoxy) is 5. The Kier molecular flexibility index (Phi) is 11.4. The molecular weight excluding hydrogens is 469 g/mol. The van der Waals surface area contributed by atoms with Crippen molar-refractivity contribution in [2.75, 3.05) is 6.61 Å². The van der Waals surface area contributed by atoms with Crippen LogP contribution in [0.2, 0.25) is 0 Å². The predicted molar refractivity (Wildman–Crippen MR) is 106 cm³/mol. The van der Waals surface area contributed by atoms with E-state index in [9.17, 15) is 33.4 Å². The molecule has 0 aromatic carbocycles. The molecule has 0 radical (unpaired) electrons. The first-order valence-corrected chi connectivity index (χ1v) is 11.0. The van der Waals surface area contributed by atoms with Crippen molar-refractivity contribution in [1.82, 2.24) is 5.32 Å². The Bertz CT molecular complexity index is 772. The summed E-state index contributed by atoms with van der Waals surface area (Å²) in [6.45, 7) is 4.92. The predicted octanol–water partition coefficient (Wildman–Crippen LogP) is -0.637. The van der Waals surface area contributed by atoms with Crippen LogP contribution in [-0.4, -0.2) is 78.0 Å². The van der Waals surface area contributed by atoms with Gasteiger partial charge >= 0.3 is 32.1 Å². The highest BCUT2D eigenvalue weighted by Gasteiger charge is 2.50. The van der Waals surface area contributed by atoms with Gasteiger partial charge in [0.25, 0.3) is 0 Å². The number of hydrogen-bond donors (Lipinski definition) is 2. The summed E-state index contributed by atoms with van der Waals surface area (Å²) in [7, 11) is -3.52. The number of carbonyl (C=O) groups is 5. The topological polar surface area (TPSA) is 190 Å². The lowest BCUT2D eigenvalue weighted by molar-refractivity contribution is -0.241. The largest absolute Gasteiger partial charge is 0.462 e. The van der Waals surface area contributed by atoms with Crippen molar-refractivity contribution < 1.29 is 61.6 Å². The minimum atomic E-state index is -3.52. The van der Waals surface area contributed by atoms with Gasteiger partial charge < -0.3 is 33.9 Å². The molecule has 0 aliphatic carbocycles. The maximum absolute atomic E-state index is 11.9. The second-order valence-corrected chi connectivity index (χ2v) is 7.82. The molecule has 1 saturated heterocycles. The van der Waals surface area contributed by atoms with Crippen LogP contribution < -0.4 is 5.32 Å². The van der Waals surface area contributed by atoms with Gasteiger partial charge in [0.15, 0.2) is 18.5 Å². The zero-order chi connectivity index (χ0) is 25.3. The summed E-state index contributed by atoms with van der Waals surface area (Å²) in [5, 5.41) is 2.52. The lowest BCUT2D eigenvalue weighted by Crippen LogP contribution is -2.64. The molecule has 1 rings (SSSR count). The van der Waals surface area contributed by atoms with Crippen molar-refractivity contribution in [2.45, 2.75) is 77.8 Å². The van der Waals surface area contributed by atoms with Gasteiger partial charge in [0.1, 0.15) is 18.8 Å². The van der Waals surface area contributed by atoms with Gasteiger partial charge in [-0.1, -0.05) is 0 Å². The van der Waals surface area contributed by atoms with E-state index in [0.717, 1.165) is 27.7 Å². The van der Waals surface area contributed by atoms with Crippen molar-refractivity contribution in [2.24, 2.45) is 0 Å². The van der Waals surface area contributed by atoms with Crippen molar-refractivity contribution in [3.05, 3.63) is 0 Å². The van der Waals surface area contributed by atoms with Crippen molar-refractivity contribution in [3.63, 3.8) is 0 Å². The van der Waals surface area contributed by atoms with Gasteiger partial charge in [-0.3, -0.25) is 33.1 Å². The Morgan fingerprint density at radius 1 is 1.00 bits per heavy atom. The van der Waals surface area contributed by atoms with Gasteiger partial charge in [-0.25, -0.2) is 0 Å². The van der Waals surface area contributed by atoms with Crippen LogP contribution >= 0.6 is 8.25 Å². The molecule has 0 aromatic rings. The van der Waals surface area contributed by atoms with Crippen LogP contribution in [0.4, 0.5) is 0 Å². The van der Waals surface area contributed by atoms with Crippen LogP contribution in [0.15, 0.2) is 0 Å². The fourth-order valence-electron chi connectivity index (χ4n) is 3.23. The minimum Gasteiger partial charge on any atom is -0.462 e. The van der Waals surface area contributed by atoms with Crippen LogP contribution in [0.3, 0.4) is 0 Å². The zero-order valence-corrected chi connectivity index (χ0v) is 19.7. The Hall–Kier alpha value is -2.54. The Balaban J connectivity index is 3.49. The van der Waals surface area contributed by atoms with Gasteiger partial charge in [-0.2, -0.15) is 0 Å². The number of rotatable bonds is 10. The number of amides is 1. The summed E-state index contributed by atoms with van der Waals surface area (Å²) in [6, 6.07) is -1.17. The fourth-order valence-corrected chi connectivity index (χ4v) is 3.61. The molecule has 1 fully saturated rings. The Labute approximate surface area is 190 Å². The highest BCUT2D eigenvalue weighted by atomic mass is 31.1. The van der Waals surface area contributed by atoms with E-state index in [2.05, 4.69) is 5.32 Å². The third-order valence-corrected chi connectivity index (χ3v) is 4.63. The third kappa shape index (κ3) is 10.3. The molecule has 0 spiro atoms. The van der Waals surface area contributed by atoms with Gasteiger partial charge in [-0.15, -0.1) is 0 Å². The van der Waals surface area contributed by atoms with Crippen LogP contribution in [0.1, 0.15) is 41.0 Å². The summed E-state index contributed by atoms with van der Waals surface area (Å²) in [5.74, 6) is -3.72. The summed E-state index contributed by atoms with van der Waals surface area (Å²) in [4.78, 5) is 67.5. The molecule has 2 N–H and O–H groups in total. The number of carbonyl (C=O) groups excluding carboxylic acids is 5. The van der Waals surface area contributed by atoms with Gasteiger partial charge in [0.05, 0.1) is 6.04 Å². The van der Waals surface area contributed by atoms with Crippen molar-refractivity contribution in [1.29, 1.82) is 0 Å². The van der Waals surface area contributed by atoms with E-state index in [1.807, 2.05) is 0 Å². The quantitative estimate of drug-likeness (QED) is 0.220. The van der Waals surface area contributed by atoms with Crippen molar-refractivity contribution in [3.8, 4) is 0 Å². The van der Waals surface area contributed by atoms with Crippen molar-refractivity contribution >= 4 is 38.0 Å². The van der Waals surface area contributed by atoms with E-state index in [0.29, 0.717) is 0 Å². The highest BCUT2D eigenvalue weighted by molar-refractivity contribution is 7.32. The maximum atomic E-state index is 11.9. The van der Waals surface area contributed by atoms with Crippen LogP contribution in [-0.2, 0) is 56.7 Å². The number of esters is 4. The molecule has 0 bridgehead atoms. The third-order valence-electron chi connectivity index (χ3n) is 4.17. The van der Waals surface area contributed by atoms with Crippen LogP contribution in [0.25, 0.3) is 0 Å². The monoisotopic (exact) mass is 497 g/mol. The van der Waals surface area contributed by atoms with Gasteiger partial charge in [-0.05, 0) is 0 Å². The normalized spacial score (nSPS) is 25.0. The van der Waals surface area contributed by atoms with Crippen LogP contribution in [0, 0.1) is 0 Å². The first kappa shape index (κ1) is 28.5. The summed E-state index contributed by atoms with van der Waals surface area (Å²) < 4.78 is 42.4. The van der Waals surface area contributed by atoms with E-state index in [-0.39, 0.29) is 6.42 Å². The molecule has 7 atom stereocenters. The summed E-state index contributed by atoms with van der Waals surface area (Å²) >= 11 is 0.